The molecule has 138 valence electrons. The first-order chi connectivity index (χ1) is 12.1. The molecule has 1 aliphatic rings. The Kier molecular flexibility index (Phi) is 8.22. The van der Waals surface area contributed by atoms with Crippen molar-refractivity contribution in [2.45, 2.75) is 38.6 Å². The van der Waals surface area contributed by atoms with E-state index in [9.17, 15) is 9.59 Å². The van der Waals surface area contributed by atoms with Gasteiger partial charge in [0.2, 0.25) is 11.8 Å². The topological polar surface area (TPSA) is 67.4 Å². The van der Waals surface area contributed by atoms with Crippen molar-refractivity contribution in [3.63, 3.8) is 0 Å². The van der Waals surface area contributed by atoms with E-state index >= 15 is 0 Å². The third-order valence-corrected chi connectivity index (χ3v) is 4.93. The van der Waals surface area contributed by atoms with Gasteiger partial charge in [0.25, 0.3) is 0 Å². The summed E-state index contributed by atoms with van der Waals surface area (Å²) in [6.45, 7) is 1.81. The predicted molar refractivity (Wildman–Crippen MR) is 98.2 cm³/mol. The van der Waals surface area contributed by atoms with E-state index in [1.807, 2.05) is 24.3 Å². The summed E-state index contributed by atoms with van der Waals surface area (Å²) in [7, 11) is 1.65. The van der Waals surface area contributed by atoms with Crippen LogP contribution in [-0.4, -0.2) is 32.1 Å². The third-order valence-electron chi connectivity index (χ3n) is 4.67. The molecule has 0 spiro atoms. The highest BCUT2D eigenvalue weighted by Gasteiger charge is 2.29. The molecule has 1 saturated carbocycles. The van der Waals surface area contributed by atoms with Crippen LogP contribution in [0.4, 0.5) is 0 Å². The lowest BCUT2D eigenvalue weighted by atomic mass is 9.81. The van der Waals surface area contributed by atoms with Crippen LogP contribution in [0.3, 0.4) is 0 Å². The molecule has 0 bridgehead atoms. The van der Waals surface area contributed by atoms with Crippen LogP contribution in [0.25, 0.3) is 0 Å². The Bertz CT molecular complexity index is 554. The molecule has 2 rings (SSSR count). The van der Waals surface area contributed by atoms with E-state index in [1.165, 1.54) is 0 Å². The molecule has 0 aromatic heterocycles. The van der Waals surface area contributed by atoms with Crippen molar-refractivity contribution < 1.29 is 14.3 Å². The van der Waals surface area contributed by atoms with Gasteiger partial charge in [-0.3, -0.25) is 9.59 Å². The molecule has 0 saturated heterocycles. The largest absolute Gasteiger partial charge is 0.385 e. The second-order valence-electron chi connectivity index (χ2n) is 6.53. The van der Waals surface area contributed by atoms with Gasteiger partial charge in [-0.1, -0.05) is 23.7 Å². The van der Waals surface area contributed by atoms with Gasteiger partial charge in [0, 0.05) is 43.7 Å². The number of hydrogen-bond donors (Lipinski definition) is 2. The maximum Gasteiger partial charge on any atom is 0.223 e. The molecule has 1 fully saturated rings. The lowest BCUT2D eigenvalue weighted by molar-refractivity contribution is -0.130. The average Bonchev–Trinajstić information content (AvgIpc) is 2.64. The van der Waals surface area contributed by atoms with Gasteiger partial charge in [-0.15, -0.1) is 0 Å². The summed E-state index contributed by atoms with van der Waals surface area (Å²) in [5.74, 6) is 0.220. The highest BCUT2D eigenvalue weighted by molar-refractivity contribution is 6.30. The maximum atomic E-state index is 12.3. The van der Waals surface area contributed by atoms with E-state index in [-0.39, 0.29) is 23.7 Å². The van der Waals surface area contributed by atoms with Gasteiger partial charge in [-0.25, -0.2) is 0 Å². The van der Waals surface area contributed by atoms with Crippen LogP contribution < -0.4 is 10.6 Å². The molecule has 0 radical (unpaired) electrons. The average molecular weight is 367 g/mol. The minimum Gasteiger partial charge on any atom is -0.385 e. The van der Waals surface area contributed by atoms with Gasteiger partial charge >= 0.3 is 0 Å². The summed E-state index contributed by atoms with van der Waals surface area (Å²) in [5.41, 5.74) is 1.03. The van der Waals surface area contributed by atoms with Crippen molar-refractivity contribution in [3.8, 4) is 0 Å². The molecule has 25 heavy (non-hydrogen) atoms. The highest BCUT2D eigenvalue weighted by atomic mass is 35.5. The second-order valence-corrected chi connectivity index (χ2v) is 6.97. The Hall–Kier alpha value is -1.59. The summed E-state index contributed by atoms with van der Waals surface area (Å²) in [6, 6.07) is 7.46. The first kappa shape index (κ1) is 19.7. The zero-order chi connectivity index (χ0) is 18.1. The highest BCUT2D eigenvalue weighted by Crippen LogP contribution is 2.29. The second kappa shape index (κ2) is 10.4. The summed E-state index contributed by atoms with van der Waals surface area (Å²) >= 11 is 5.86. The van der Waals surface area contributed by atoms with E-state index < -0.39 is 0 Å². The smallest absolute Gasteiger partial charge is 0.223 e. The lowest BCUT2D eigenvalue weighted by Crippen LogP contribution is -2.37. The van der Waals surface area contributed by atoms with E-state index in [0.717, 1.165) is 37.7 Å². The molecule has 5 nitrogen and oxygen atoms in total. The molecule has 0 unspecified atom stereocenters. The number of nitrogens with one attached hydrogen (secondary N) is 2. The van der Waals surface area contributed by atoms with E-state index in [1.54, 1.807) is 7.11 Å². The first-order valence-electron chi connectivity index (χ1n) is 8.89. The van der Waals surface area contributed by atoms with Gasteiger partial charge in [0.1, 0.15) is 0 Å². The SMILES string of the molecule is COCCCNC(=O)C1CCC(C(=O)NCc2ccc(Cl)cc2)CC1. The molecular formula is C19H27ClN2O3. The number of halogens is 1. The minimum absolute atomic E-state index is 0.00448. The van der Waals surface area contributed by atoms with Gasteiger partial charge in [0.15, 0.2) is 0 Å². The number of carbonyl (C=O) groups excluding carboxylic acids is 2. The van der Waals surface area contributed by atoms with Crippen molar-refractivity contribution in [2.24, 2.45) is 11.8 Å². The van der Waals surface area contributed by atoms with Crippen LogP contribution in [0.15, 0.2) is 24.3 Å². The summed E-state index contributed by atoms with van der Waals surface area (Å²) in [6.07, 6.45) is 3.90. The first-order valence-corrected chi connectivity index (χ1v) is 9.26. The molecule has 1 aromatic rings. The molecule has 2 amide bonds. The van der Waals surface area contributed by atoms with Crippen LogP contribution in [0.2, 0.25) is 5.02 Å². The summed E-state index contributed by atoms with van der Waals surface area (Å²) in [4.78, 5) is 24.4. The molecule has 0 heterocycles. The standard InChI is InChI=1S/C19H27ClN2O3/c1-25-12-2-11-21-18(23)15-5-7-16(8-6-15)19(24)22-13-14-3-9-17(20)10-4-14/h3-4,9-10,15-16H,2,5-8,11-13H2,1H3,(H,21,23)(H,22,24). The van der Waals surface area contributed by atoms with Crippen LogP contribution in [-0.2, 0) is 20.9 Å². The molecule has 0 aliphatic heterocycles. The molecule has 1 aliphatic carbocycles. The normalized spacial score (nSPS) is 20.1. The molecule has 6 heteroatoms. The number of benzene rings is 1. The zero-order valence-corrected chi connectivity index (χ0v) is 15.5. The Morgan fingerprint density at radius 3 is 2.16 bits per heavy atom. The summed E-state index contributed by atoms with van der Waals surface area (Å²) in [5, 5.41) is 6.63. The number of rotatable bonds is 8. The third kappa shape index (κ3) is 6.67. The van der Waals surface area contributed by atoms with Gasteiger partial charge < -0.3 is 15.4 Å². The van der Waals surface area contributed by atoms with Crippen LogP contribution in [0, 0.1) is 11.8 Å². The van der Waals surface area contributed by atoms with Crippen molar-refractivity contribution >= 4 is 23.4 Å². The summed E-state index contributed by atoms with van der Waals surface area (Å²) < 4.78 is 4.97. The van der Waals surface area contributed by atoms with Crippen LogP contribution >= 0.6 is 11.6 Å². The number of methoxy groups -OCH3 is 1. The molecular weight excluding hydrogens is 340 g/mol. The number of carbonyl (C=O) groups is 2. The lowest BCUT2D eigenvalue weighted by Gasteiger charge is -2.27. The van der Waals surface area contributed by atoms with E-state index in [2.05, 4.69) is 10.6 Å². The van der Waals surface area contributed by atoms with Crippen molar-refractivity contribution in [3.05, 3.63) is 34.9 Å². The molecule has 1 aromatic carbocycles. The van der Waals surface area contributed by atoms with Crippen molar-refractivity contribution in [2.75, 3.05) is 20.3 Å². The zero-order valence-electron chi connectivity index (χ0n) is 14.7. The Labute approximate surface area is 154 Å². The van der Waals surface area contributed by atoms with Gasteiger partial charge in [-0.2, -0.15) is 0 Å². The van der Waals surface area contributed by atoms with E-state index in [0.29, 0.717) is 24.7 Å². The Morgan fingerprint density at radius 1 is 1.04 bits per heavy atom. The minimum atomic E-state index is 0.00448. The van der Waals surface area contributed by atoms with Crippen LogP contribution in [0.5, 0.6) is 0 Å². The fraction of sp³-hybridized carbons (Fsp3) is 0.579. The molecule has 0 atom stereocenters. The number of hydrogen-bond acceptors (Lipinski definition) is 3. The maximum absolute atomic E-state index is 12.3. The van der Waals surface area contributed by atoms with Crippen molar-refractivity contribution in [1.29, 1.82) is 0 Å². The predicted octanol–water partition coefficient (Wildman–Crippen LogP) is 2.92. The van der Waals surface area contributed by atoms with Gasteiger partial charge in [0.05, 0.1) is 0 Å². The quantitative estimate of drug-likeness (QED) is 0.695. The van der Waals surface area contributed by atoms with Crippen molar-refractivity contribution in [1.82, 2.24) is 10.6 Å². The monoisotopic (exact) mass is 366 g/mol. The number of amides is 2. The van der Waals surface area contributed by atoms with Gasteiger partial charge in [-0.05, 0) is 49.8 Å². The Balaban J connectivity index is 1.67. The van der Waals surface area contributed by atoms with Crippen LogP contribution in [0.1, 0.15) is 37.7 Å². The molecule has 2 N–H and O–H groups in total. The fourth-order valence-corrected chi connectivity index (χ4v) is 3.25. The van der Waals surface area contributed by atoms with E-state index in [4.69, 9.17) is 16.3 Å². The Morgan fingerprint density at radius 2 is 1.60 bits per heavy atom. The number of ether oxygens (including phenoxy) is 1. The fourth-order valence-electron chi connectivity index (χ4n) is 3.13.